The van der Waals surface area contributed by atoms with Crippen molar-refractivity contribution in [3.8, 4) is 0 Å². The third-order valence-corrected chi connectivity index (χ3v) is 2.80. The number of methoxy groups -OCH3 is 1. The number of carbonyl (C=O) groups excluding carboxylic acids is 2. The van der Waals surface area contributed by atoms with Gasteiger partial charge < -0.3 is 9.47 Å². The fourth-order valence-corrected chi connectivity index (χ4v) is 2.07. The molecule has 1 aliphatic carbocycles. The summed E-state index contributed by atoms with van der Waals surface area (Å²) in [5, 5.41) is 0. The minimum Gasteiger partial charge on any atom is -0.466 e. The number of hydrogen-bond acceptors (Lipinski definition) is 4. The molecule has 4 heteroatoms. The summed E-state index contributed by atoms with van der Waals surface area (Å²) < 4.78 is 9.68. The molecule has 15 heavy (non-hydrogen) atoms. The first-order chi connectivity index (χ1) is 7.15. The van der Waals surface area contributed by atoms with Gasteiger partial charge in [0.2, 0.25) is 6.10 Å². The van der Waals surface area contributed by atoms with Crippen LogP contribution in [0.5, 0.6) is 0 Å². The van der Waals surface area contributed by atoms with E-state index in [9.17, 15) is 9.59 Å². The van der Waals surface area contributed by atoms with Crippen molar-refractivity contribution in [3.05, 3.63) is 0 Å². The molecular weight excluding hydrogens is 196 g/mol. The Morgan fingerprint density at radius 2 is 1.80 bits per heavy atom. The lowest BCUT2D eigenvalue weighted by Gasteiger charge is -2.27. The van der Waals surface area contributed by atoms with Gasteiger partial charge in [-0.15, -0.1) is 0 Å². The van der Waals surface area contributed by atoms with Gasteiger partial charge in [0.25, 0.3) is 0 Å². The second kappa shape index (κ2) is 5.73. The molecule has 0 spiro atoms. The van der Waals surface area contributed by atoms with Crippen LogP contribution in [0.2, 0.25) is 0 Å². The van der Waals surface area contributed by atoms with Gasteiger partial charge >= 0.3 is 11.9 Å². The molecular formula is C11H18O4. The van der Waals surface area contributed by atoms with Crippen LogP contribution in [-0.4, -0.2) is 25.2 Å². The van der Waals surface area contributed by atoms with E-state index >= 15 is 0 Å². The highest BCUT2D eigenvalue weighted by Gasteiger charge is 2.32. The van der Waals surface area contributed by atoms with Crippen molar-refractivity contribution in [2.24, 2.45) is 5.92 Å². The van der Waals surface area contributed by atoms with E-state index in [0.29, 0.717) is 0 Å². The van der Waals surface area contributed by atoms with Gasteiger partial charge in [0, 0.05) is 12.8 Å². The van der Waals surface area contributed by atoms with Crippen LogP contribution in [0.1, 0.15) is 39.0 Å². The minimum atomic E-state index is -0.701. The largest absolute Gasteiger partial charge is 0.466 e. The van der Waals surface area contributed by atoms with Crippen LogP contribution in [0.15, 0.2) is 0 Å². The lowest BCUT2D eigenvalue weighted by molar-refractivity contribution is -0.169. The van der Waals surface area contributed by atoms with Gasteiger partial charge in [-0.3, -0.25) is 4.79 Å². The van der Waals surface area contributed by atoms with Crippen LogP contribution >= 0.6 is 0 Å². The zero-order valence-electron chi connectivity index (χ0n) is 9.32. The number of esters is 2. The van der Waals surface area contributed by atoms with Crippen molar-refractivity contribution < 1.29 is 19.1 Å². The average molecular weight is 214 g/mol. The fraction of sp³-hybridized carbons (Fsp3) is 0.818. The van der Waals surface area contributed by atoms with E-state index in [4.69, 9.17) is 4.74 Å². The topological polar surface area (TPSA) is 52.6 Å². The normalized spacial score (nSPS) is 19.3. The van der Waals surface area contributed by atoms with Gasteiger partial charge in [-0.2, -0.15) is 0 Å². The number of ether oxygens (including phenoxy) is 2. The van der Waals surface area contributed by atoms with Gasteiger partial charge in [-0.25, -0.2) is 4.79 Å². The Bertz CT molecular complexity index is 231. The summed E-state index contributed by atoms with van der Waals surface area (Å²) in [7, 11) is 1.32. The number of rotatable bonds is 3. The summed E-state index contributed by atoms with van der Waals surface area (Å²) in [6, 6.07) is 0. The summed E-state index contributed by atoms with van der Waals surface area (Å²) in [6.45, 7) is 1.32. The fourth-order valence-electron chi connectivity index (χ4n) is 2.07. The molecule has 0 bridgehead atoms. The number of hydrogen-bond donors (Lipinski definition) is 0. The Morgan fingerprint density at radius 1 is 1.20 bits per heavy atom. The van der Waals surface area contributed by atoms with E-state index in [-0.39, 0.29) is 5.92 Å². The molecule has 4 nitrogen and oxygen atoms in total. The van der Waals surface area contributed by atoms with E-state index < -0.39 is 18.0 Å². The van der Waals surface area contributed by atoms with Gasteiger partial charge in [0.05, 0.1) is 7.11 Å². The molecule has 0 amide bonds. The summed E-state index contributed by atoms with van der Waals surface area (Å²) in [6.07, 6.45) is 4.57. The minimum absolute atomic E-state index is 0.134. The molecule has 0 aromatic rings. The van der Waals surface area contributed by atoms with Crippen LogP contribution in [-0.2, 0) is 19.1 Å². The average Bonchev–Trinajstić information content (AvgIpc) is 2.26. The molecule has 1 fully saturated rings. The zero-order chi connectivity index (χ0) is 11.3. The molecule has 1 rings (SSSR count). The first-order valence-corrected chi connectivity index (χ1v) is 5.40. The third-order valence-electron chi connectivity index (χ3n) is 2.80. The molecule has 0 heterocycles. The molecule has 1 atom stereocenters. The molecule has 1 unspecified atom stereocenters. The first-order valence-electron chi connectivity index (χ1n) is 5.40. The molecule has 0 aromatic carbocycles. The van der Waals surface area contributed by atoms with E-state index in [0.717, 1.165) is 25.7 Å². The Balaban J connectivity index is 2.60. The molecule has 0 aromatic heterocycles. The summed E-state index contributed by atoms with van der Waals surface area (Å²) in [4.78, 5) is 22.3. The van der Waals surface area contributed by atoms with E-state index in [1.807, 2.05) is 0 Å². The predicted octanol–water partition coefficient (Wildman–Crippen LogP) is 1.67. The maximum absolute atomic E-state index is 11.4. The highest BCUT2D eigenvalue weighted by molar-refractivity contribution is 5.78. The van der Waals surface area contributed by atoms with Crippen LogP contribution in [0, 0.1) is 5.92 Å². The first kappa shape index (κ1) is 12.0. The number of carbonyl (C=O) groups is 2. The smallest absolute Gasteiger partial charge is 0.347 e. The standard InChI is InChI=1S/C11H18O4/c1-8(12)15-10(11(13)14-2)9-6-4-3-5-7-9/h9-10H,3-7H2,1-2H3. The molecule has 0 saturated heterocycles. The highest BCUT2D eigenvalue weighted by Crippen LogP contribution is 2.28. The van der Waals surface area contributed by atoms with Crippen molar-refractivity contribution in [1.82, 2.24) is 0 Å². The third kappa shape index (κ3) is 3.53. The molecule has 0 N–H and O–H groups in total. The van der Waals surface area contributed by atoms with Crippen LogP contribution < -0.4 is 0 Å². The van der Waals surface area contributed by atoms with Crippen LogP contribution in [0.4, 0.5) is 0 Å². The lowest BCUT2D eigenvalue weighted by atomic mass is 9.85. The maximum atomic E-state index is 11.4. The Hall–Kier alpha value is -1.06. The Labute approximate surface area is 89.9 Å². The van der Waals surface area contributed by atoms with Gasteiger partial charge in [0.15, 0.2) is 0 Å². The molecule has 0 aliphatic heterocycles. The van der Waals surface area contributed by atoms with Gasteiger partial charge in [-0.1, -0.05) is 19.3 Å². The monoisotopic (exact) mass is 214 g/mol. The second-order valence-corrected chi connectivity index (χ2v) is 3.95. The van der Waals surface area contributed by atoms with Crippen molar-refractivity contribution in [2.45, 2.75) is 45.1 Å². The van der Waals surface area contributed by atoms with E-state index in [2.05, 4.69) is 4.74 Å². The predicted molar refractivity (Wildman–Crippen MR) is 54.1 cm³/mol. The summed E-state index contributed by atoms with van der Waals surface area (Å²) in [5.74, 6) is -0.719. The molecule has 1 saturated carbocycles. The van der Waals surface area contributed by atoms with Crippen LogP contribution in [0.25, 0.3) is 0 Å². The van der Waals surface area contributed by atoms with E-state index in [1.165, 1.54) is 20.5 Å². The zero-order valence-corrected chi connectivity index (χ0v) is 9.32. The van der Waals surface area contributed by atoms with Crippen molar-refractivity contribution >= 4 is 11.9 Å². The second-order valence-electron chi connectivity index (χ2n) is 3.95. The Kier molecular flexibility index (Phi) is 4.59. The SMILES string of the molecule is COC(=O)C(OC(C)=O)C1CCCCC1. The highest BCUT2D eigenvalue weighted by atomic mass is 16.6. The van der Waals surface area contributed by atoms with Crippen molar-refractivity contribution in [3.63, 3.8) is 0 Å². The van der Waals surface area contributed by atoms with Crippen LogP contribution in [0.3, 0.4) is 0 Å². The lowest BCUT2D eigenvalue weighted by Crippen LogP contribution is -2.36. The van der Waals surface area contributed by atoms with E-state index in [1.54, 1.807) is 0 Å². The van der Waals surface area contributed by atoms with Crippen molar-refractivity contribution in [1.29, 1.82) is 0 Å². The summed E-state index contributed by atoms with van der Waals surface area (Å²) >= 11 is 0. The molecule has 1 aliphatic rings. The quantitative estimate of drug-likeness (QED) is 0.670. The molecule has 86 valence electrons. The van der Waals surface area contributed by atoms with Gasteiger partial charge in [-0.05, 0) is 12.8 Å². The van der Waals surface area contributed by atoms with Crippen molar-refractivity contribution in [2.75, 3.05) is 7.11 Å². The molecule has 0 radical (unpaired) electrons. The van der Waals surface area contributed by atoms with Gasteiger partial charge in [0.1, 0.15) is 0 Å². The maximum Gasteiger partial charge on any atom is 0.347 e. The summed E-state index contributed by atoms with van der Waals surface area (Å²) in [5.41, 5.74) is 0. The Morgan fingerprint density at radius 3 is 2.27 bits per heavy atom.